The number of hydrogen-bond donors (Lipinski definition) is 0. The maximum Gasteiger partial charge on any atom is 0.102 e. The van der Waals surface area contributed by atoms with Gasteiger partial charge in [-0.2, -0.15) is 0 Å². The molecule has 2 aliphatic rings. The first-order chi connectivity index (χ1) is 6.16. The van der Waals surface area contributed by atoms with E-state index in [-0.39, 0.29) is 0 Å². The number of fused-ring (bicyclic) bond motifs is 1. The normalized spacial score (nSPS) is 39.8. The highest BCUT2D eigenvalue weighted by Crippen LogP contribution is 2.39. The molecule has 1 aliphatic carbocycles. The summed E-state index contributed by atoms with van der Waals surface area (Å²) >= 11 is 0. The van der Waals surface area contributed by atoms with E-state index in [1.807, 2.05) is 0 Å². The van der Waals surface area contributed by atoms with Crippen molar-refractivity contribution in [2.75, 3.05) is 0 Å². The second-order valence-electron chi connectivity index (χ2n) is 4.88. The molecule has 1 aliphatic heterocycles. The summed E-state index contributed by atoms with van der Waals surface area (Å²) in [5.74, 6) is 2.88. The maximum atomic E-state index is 5.95. The molecular weight excluding hydrogens is 160 g/mol. The highest BCUT2D eigenvalue weighted by molar-refractivity contribution is 5.09. The molecule has 0 amide bonds. The quantitative estimate of drug-likeness (QED) is 0.554. The third-order valence-corrected chi connectivity index (χ3v) is 3.69. The molecule has 0 aromatic carbocycles. The van der Waals surface area contributed by atoms with Crippen molar-refractivity contribution < 1.29 is 4.74 Å². The van der Waals surface area contributed by atoms with Crippen LogP contribution in [-0.2, 0) is 4.74 Å². The molecule has 2 rings (SSSR count). The Morgan fingerprint density at radius 3 is 2.77 bits per heavy atom. The van der Waals surface area contributed by atoms with Gasteiger partial charge < -0.3 is 4.74 Å². The van der Waals surface area contributed by atoms with Crippen LogP contribution in [0.5, 0.6) is 0 Å². The van der Waals surface area contributed by atoms with Crippen molar-refractivity contribution in [1.82, 2.24) is 0 Å². The minimum Gasteiger partial charge on any atom is -0.495 e. The topological polar surface area (TPSA) is 9.23 Å². The molecule has 0 aromatic heterocycles. The van der Waals surface area contributed by atoms with Gasteiger partial charge in [0.25, 0.3) is 0 Å². The fraction of sp³-hybridized carbons (Fsp3) is 0.833. The molecule has 1 nitrogen and oxygen atoms in total. The van der Waals surface area contributed by atoms with Crippen LogP contribution in [0.25, 0.3) is 0 Å². The van der Waals surface area contributed by atoms with Gasteiger partial charge in [0.1, 0.15) is 6.10 Å². The Labute approximate surface area is 81.2 Å². The fourth-order valence-corrected chi connectivity index (χ4v) is 2.63. The Bertz CT molecular complexity index is 229. The molecule has 0 spiro atoms. The summed E-state index contributed by atoms with van der Waals surface area (Å²) in [5.41, 5.74) is 1.47. The van der Waals surface area contributed by atoms with Crippen molar-refractivity contribution in [3.63, 3.8) is 0 Å². The van der Waals surface area contributed by atoms with E-state index in [0.717, 1.165) is 11.8 Å². The summed E-state index contributed by atoms with van der Waals surface area (Å²) in [6.45, 7) is 6.68. The number of rotatable bonds is 0. The van der Waals surface area contributed by atoms with Crippen LogP contribution in [0.15, 0.2) is 11.3 Å². The summed E-state index contributed by atoms with van der Waals surface area (Å²) in [7, 11) is 0. The van der Waals surface area contributed by atoms with Crippen LogP contribution in [0, 0.1) is 11.8 Å². The van der Waals surface area contributed by atoms with Crippen LogP contribution in [0.3, 0.4) is 0 Å². The smallest absolute Gasteiger partial charge is 0.102 e. The molecule has 0 unspecified atom stereocenters. The minimum absolute atomic E-state index is 0.535. The van der Waals surface area contributed by atoms with Gasteiger partial charge in [0.2, 0.25) is 0 Å². The molecule has 0 aromatic rings. The second-order valence-corrected chi connectivity index (χ2v) is 4.88. The molecule has 0 N–H and O–H groups in total. The number of hydrogen-bond acceptors (Lipinski definition) is 1. The SMILES string of the molecule is CC1=C(C)O[C@@H]2C[C@H](C)CC[C@H]2C1. The first kappa shape index (κ1) is 9.11. The van der Waals surface area contributed by atoms with Crippen LogP contribution in [-0.4, -0.2) is 6.10 Å². The van der Waals surface area contributed by atoms with E-state index >= 15 is 0 Å². The van der Waals surface area contributed by atoms with Crippen molar-refractivity contribution in [2.24, 2.45) is 11.8 Å². The van der Waals surface area contributed by atoms with Crippen LogP contribution in [0.2, 0.25) is 0 Å². The summed E-state index contributed by atoms with van der Waals surface area (Å²) in [4.78, 5) is 0. The van der Waals surface area contributed by atoms with E-state index in [4.69, 9.17) is 4.74 Å². The molecule has 0 radical (unpaired) electrons. The standard InChI is InChI=1S/C12H20O/c1-8-4-5-11-7-9(2)10(3)13-12(11)6-8/h8,11-12H,4-7H2,1-3H3/t8-,11+,12-/m1/s1. The van der Waals surface area contributed by atoms with E-state index in [0.29, 0.717) is 6.10 Å². The second kappa shape index (κ2) is 3.36. The third-order valence-electron chi connectivity index (χ3n) is 3.69. The lowest BCUT2D eigenvalue weighted by Crippen LogP contribution is -2.33. The van der Waals surface area contributed by atoms with Crippen molar-refractivity contribution in [3.8, 4) is 0 Å². The maximum absolute atomic E-state index is 5.95. The fourth-order valence-electron chi connectivity index (χ4n) is 2.63. The van der Waals surface area contributed by atoms with E-state index in [1.165, 1.54) is 37.0 Å². The van der Waals surface area contributed by atoms with Crippen molar-refractivity contribution in [2.45, 2.75) is 52.6 Å². The summed E-state index contributed by atoms with van der Waals surface area (Å²) in [6, 6.07) is 0. The van der Waals surface area contributed by atoms with E-state index < -0.39 is 0 Å². The Kier molecular flexibility index (Phi) is 2.35. The Balaban J connectivity index is 2.09. The third kappa shape index (κ3) is 1.74. The average molecular weight is 180 g/mol. The van der Waals surface area contributed by atoms with E-state index in [9.17, 15) is 0 Å². The lowest BCUT2D eigenvalue weighted by molar-refractivity contribution is 0.00152. The van der Waals surface area contributed by atoms with Crippen molar-refractivity contribution >= 4 is 0 Å². The molecule has 1 saturated carbocycles. The zero-order valence-corrected chi connectivity index (χ0v) is 8.97. The molecule has 74 valence electrons. The van der Waals surface area contributed by atoms with Gasteiger partial charge in [-0.1, -0.05) is 13.3 Å². The molecule has 1 heterocycles. The average Bonchev–Trinajstić information content (AvgIpc) is 2.08. The first-order valence-corrected chi connectivity index (χ1v) is 5.50. The number of allylic oxidation sites excluding steroid dienone is 2. The highest BCUT2D eigenvalue weighted by atomic mass is 16.5. The van der Waals surface area contributed by atoms with Gasteiger partial charge in [-0.05, 0) is 50.5 Å². The van der Waals surface area contributed by atoms with Crippen LogP contribution in [0.1, 0.15) is 46.5 Å². The van der Waals surface area contributed by atoms with Crippen LogP contribution >= 0.6 is 0 Å². The van der Waals surface area contributed by atoms with Crippen LogP contribution < -0.4 is 0 Å². The van der Waals surface area contributed by atoms with Crippen LogP contribution in [0.4, 0.5) is 0 Å². The largest absolute Gasteiger partial charge is 0.495 e. The molecule has 3 atom stereocenters. The zero-order chi connectivity index (χ0) is 9.42. The lowest BCUT2D eigenvalue weighted by atomic mass is 9.76. The monoisotopic (exact) mass is 180 g/mol. The van der Waals surface area contributed by atoms with Gasteiger partial charge >= 0.3 is 0 Å². The Morgan fingerprint density at radius 2 is 2.00 bits per heavy atom. The molecule has 1 fully saturated rings. The van der Waals surface area contributed by atoms with Gasteiger partial charge in [-0.15, -0.1) is 0 Å². The molecule has 13 heavy (non-hydrogen) atoms. The predicted octanol–water partition coefficient (Wildman–Crippen LogP) is 3.51. The molecule has 1 heteroatoms. The first-order valence-electron chi connectivity index (χ1n) is 5.50. The number of ether oxygens (including phenoxy) is 1. The van der Waals surface area contributed by atoms with Gasteiger partial charge in [0.05, 0.1) is 5.76 Å². The van der Waals surface area contributed by atoms with Gasteiger partial charge in [0.15, 0.2) is 0 Å². The molecular formula is C12H20O. The van der Waals surface area contributed by atoms with Gasteiger partial charge in [0, 0.05) is 0 Å². The predicted molar refractivity (Wildman–Crippen MR) is 54.4 cm³/mol. The summed E-state index contributed by atoms with van der Waals surface area (Å²) in [6.07, 6.45) is 5.86. The molecule has 0 bridgehead atoms. The Hall–Kier alpha value is -0.460. The zero-order valence-electron chi connectivity index (χ0n) is 8.97. The van der Waals surface area contributed by atoms with E-state index in [2.05, 4.69) is 20.8 Å². The van der Waals surface area contributed by atoms with Crippen molar-refractivity contribution in [3.05, 3.63) is 11.3 Å². The minimum atomic E-state index is 0.535. The lowest BCUT2D eigenvalue weighted by Gasteiger charge is -2.39. The van der Waals surface area contributed by atoms with Gasteiger partial charge in [-0.3, -0.25) is 0 Å². The van der Waals surface area contributed by atoms with Gasteiger partial charge in [-0.25, -0.2) is 0 Å². The van der Waals surface area contributed by atoms with E-state index in [1.54, 1.807) is 0 Å². The highest BCUT2D eigenvalue weighted by Gasteiger charge is 2.33. The van der Waals surface area contributed by atoms with Crippen molar-refractivity contribution in [1.29, 1.82) is 0 Å². The summed E-state index contributed by atoms with van der Waals surface area (Å²) < 4.78 is 5.95. The Morgan fingerprint density at radius 1 is 1.23 bits per heavy atom. The summed E-state index contributed by atoms with van der Waals surface area (Å²) in [5, 5.41) is 0. The molecule has 0 saturated heterocycles.